The van der Waals surface area contributed by atoms with Crippen LogP contribution in [0, 0.1) is 0 Å². The molecule has 0 saturated carbocycles. The van der Waals surface area contributed by atoms with Crippen molar-refractivity contribution in [3.8, 4) is 17.0 Å². The van der Waals surface area contributed by atoms with E-state index in [-0.39, 0.29) is 11.6 Å². The molecule has 26 heavy (non-hydrogen) atoms. The van der Waals surface area contributed by atoms with E-state index in [0.29, 0.717) is 18.7 Å². The van der Waals surface area contributed by atoms with Crippen LogP contribution in [-0.4, -0.2) is 22.5 Å². The van der Waals surface area contributed by atoms with Crippen molar-refractivity contribution in [2.24, 2.45) is 0 Å². The fourth-order valence-corrected chi connectivity index (χ4v) is 3.08. The van der Waals surface area contributed by atoms with Gasteiger partial charge in [-0.05, 0) is 30.3 Å². The Morgan fingerprint density at radius 3 is 2.73 bits per heavy atom. The fourth-order valence-electron chi connectivity index (χ4n) is 3.08. The van der Waals surface area contributed by atoms with Crippen LogP contribution in [0.5, 0.6) is 5.75 Å². The van der Waals surface area contributed by atoms with E-state index in [9.17, 15) is 9.59 Å². The lowest BCUT2D eigenvalue weighted by Gasteiger charge is -2.26. The molecule has 1 atom stereocenters. The number of aromatic nitrogens is 2. The Kier molecular flexibility index (Phi) is 4.23. The smallest absolute Gasteiger partial charge is 0.261 e. The number of hydrogen-bond donors (Lipinski definition) is 2. The van der Waals surface area contributed by atoms with E-state index in [0.717, 1.165) is 16.9 Å². The first kappa shape index (κ1) is 16.1. The van der Waals surface area contributed by atoms with E-state index in [1.807, 2.05) is 24.3 Å². The number of para-hydroxylation sites is 1. The second-order valence-corrected chi connectivity index (χ2v) is 6.05. The molecule has 1 aromatic carbocycles. The van der Waals surface area contributed by atoms with Gasteiger partial charge >= 0.3 is 0 Å². The third-order valence-corrected chi connectivity index (χ3v) is 4.41. The Bertz CT molecular complexity index is 998. The molecule has 3 aromatic rings. The van der Waals surface area contributed by atoms with Crippen molar-refractivity contribution in [1.29, 1.82) is 0 Å². The molecule has 130 valence electrons. The predicted molar refractivity (Wildman–Crippen MR) is 97.1 cm³/mol. The van der Waals surface area contributed by atoms with Crippen molar-refractivity contribution in [3.05, 3.63) is 82.4 Å². The molecule has 0 spiro atoms. The van der Waals surface area contributed by atoms with Crippen LogP contribution in [0.15, 0.2) is 65.7 Å². The van der Waals surface area contributed by atoms with Gasteiger partial charge in [0.25, 0.3) is 11.5 Å². The van der Waals surface area contributed by atoms with Gasteiger partial charge in [0.05, 0.1) is 12.6 Å². The highest BCUT2D eigenvalue weighted by molar-refractivity contribution is 5.94. The number of nitrogens with zero attached hydrogens (tertiary/aromatic N) is 1. The number of rotatable bonds is 3. The van der Waals surface area contributed by atoms with Crippen molar-refractivity contribution < 1.29 is 9.53 Å². The maximum Gasteiger partial charge on any atom is 0.261 e. The minimum atomic E-state index is -0.419. The molecule has 1 aliphatic heterocycles. The third kappa shape index (κ3) is 3.09. The second-order valence-electron chi connectivity index (χ2n) is 6.05. The summed E-state index contributed by atoms with van der Waals surface area (Å²) < 4.78 is 5.61. The molecule has 1 aliphatic rings. The number of ether oxygens (including phenoxy) is 1. The van der Waals surface area contributed by atoms with E-state index in [2.05, 4.69) is 15.3 Å². The first-order chi connectivity index (χ1) is 12.7. The molecule has 4 rings (SSSR count). The normalized spacial score (nSPS) is 15.6. The van der Waals surface area contributed by atoms with Gasteiger partial charge in [-0.15, -0.1) is 0 Å². The van der Waals surface area contributed by atoms with E-state index >= 15 is 0 Å². The number of nitrogens with one attached hydrogen (secondary N) is 2. The molecule has 2 aromatic heterocycles. The monoisotopic (exact) mass is 347 g/mol. The van der Waals surface area contributed by atoms with Gasteiger partial charge in [0.1, 0.15) is 11.3 Å². The fraction of sp³-hybridized carbons (Fsp3) is 0.150. The Labute approximate surface area is 149 Å². The lowest BCUT2D eigenvalue weighted by molar-refractivity contribution is 0.0923. The van der Waals surface area contributed by atoms with E-state index in [1.165, 1.54) is 0 Å². The van der Waals surface area contributed by atoms with Gasteiger partial charge in [0, 0.05) is 35.6 Å². The first-order valence-corrected chi connectivity index (χ1v) is 8.39. The molecule has 6 nitrogen and oxygen atoms in total. The molecule has 1 unspecified atom stereocenters. The average Bonchev–Trinajstić information content (AvgIpc) is 2.69. The van der Waals surface area contributed by atoms with E-state index in [1.54, 1.807) is 36.7 Å². The lowest BCUT2D eigenvalue weighted by atomic mass is 10.00. The third-order valence-electron chi connectivity index (χ3n) is 4.41. The molecule has 0 bridgehead atoms. The number of amides is 1. The second kappa shape index (κ2) is 6.84. The van der Waals surface area contributed by atoms with Gasteiger partial charge in [0.2, 0.25) is 0 Å². The van der Waals surface area contributed by atoms with Crippen LogP contribution in [0.4, 0.5) is 0 Å². The standard InChI is InChI=1S/C20H17N3O3/c24-19-15(5-6-16(22-19)13-7-10-21-11-8-13)20(25)23-17-9-12-26-18-4-2-1-3-14(17)18/h1-8,10-11,17H,9,12H2,(H,22,24)(H,23,25). The number of H-pyrrole nitrogens is 1. The summed E-state index contributed by atoms with van der Waals surface area (Å²) in [6.07, 6.45) is 3.96. The molecule has 0 aliphatic carbocycles. The highest BCUT2D eigenvalue weighted by Gasteiger charge is 2.24. The Morgan fingerprint density at radius 1 is 1.12 bits per heavy atom. The van der Waals surface area contributed by atoms with Gasteiger partial charge < -0.3 is 15.0 Å². The number of pyridine rings is 2. The Hall–Kier alpha value is -3.41. The maximum absolute atomic E-state index is 12.6. The van der Waals surface area contributed by atoms with Gasteiger partial charge in [-0.25, -0.2) is 0 Å². The molecule has 1 amide bonds. The van der Waals surface area contributed by atoms with Crippen LogP contribution in [0.25, 0.3) is 11.3 Å². The summed E-state index contributed by atoms with van der Waals surface area (Å²) in [5, 5.41) is 2.94. The average molecular weight is 347 g/mol. The highest BCUT2D eigenvalue weighted by Crippen LogP contribution is 2.31. The van der Waals surface area contributed by atoms with E-state index in [4.69, 9.17) is 4.74 Å². The van der Waals surface area contributed by atoms with Crippen molar-refractivity contribution in [2.75, 3.05) is 6.61 Å². The lowest BCUT2D eigenvalue weighted by Crippen LogP contribution is -2.35. The summed E-state index contributed by atoms with van der Waals surface area (Å²) in [6.45, 7) is 0.527. The predicted octanol–water partition coefficient (Wildman–Crippen LogP) is 2.69. The first-order valence-electron chi connectivity index (χ1n) is 8.39. The van der Waals surface area contributed by atoms with Gasteiger partial charge in [-0.2, -0.15) is 0 Å². The van der Waals surface area contributed by atoms with Crippen LogP contribution in [0.1, 0.15) is 28.4 Å². The Morgan fingerprint density at radius 2 is 1.92 bits per heavy atom. The van der Waals surface area contributed by atoms with Gasteiger partial charge in [0.15, 0.2) is 0 Å². The zero-order chi connectivity index (χ0) is 17.9. The number of fused-ring (bicyclic) bond motifs is 1. The summed E-state index contributed by atoms with van der Waals surface area (Å²) in [6, 6.07) is 14.3. The molecule has 3 heterocycles. The number of carbonyl (C=O) groups is 1. The van der Waals surface area contributed by atoms with Crippen molar-refractivity contribution in [3.63, 3.8) is 0 Å². The Balaban J connectivity index is 1.57. The minimum absolute atomic E-state index is 0.0896. The summed E-state index contributed by atoms with van der Waals surface area (Å²) in [5.41, 5.74) is 2.08. The molecule has 0 fully saturated rings. The van der Waals surface area contributed by atoms with Crippen molar-refractivity contribution >= 4 is 5.91 Å². The van der Waals surface area contributed by atoms with E-state index < -0.39 is 11.5 Å². The largest absolute Gasteiger partial charge is 0.493 e. The molecular formula is C20H17N3O3. The van der Waals surface area contributed by atoms with Crippen molar-refractivity contribution in [1.82, 2.24) is 15.3 Å². The van der Waals surface area contributed by atoms with Crippen LogP contribution in [-0.2, 0) is 0 Å². The zero-order valence-electron chi connectivity index (χ0n) is 13.9. The van der Waals surface area contributed by atoms with Crippen LogP contribution < -0.4 is 15.6 Å². The molecule has 6 heteroatoms. The molecule has 2 N–H and O–H groups in total. The molecular weight excluding hydrogens is 330 g/mol. The van der Waals surface area contributed by atoms with Gasteiger partial charge in [-0.1, -0.05) is 18.2 Å². The molecule has 0 radical (unpaired) electrons. The summed E-state index contributed by atoms with van der Waals surface area (Å²) in [4.78, 5) is 31.7. The number of benzene rings is 1. The summed E-state index contributed by atoms with van der Waals surface area (Å²) >= 11 is 0. The highest BCUT2D eigenvalue weighted by atomic mass is 16.5. The quantitative estimate of drug-likeness (QED) is 0.763. The number of carbonyl (C=O) groups excluding carboxylic acids is 1. The number of aromatic amines is 1. The SMILES string of the molecule is O=C(NC1CCOc2ccccc21)c1ccc(-c2ccncc2)[nH]c1=O. The minimum Gasteiger partial charge on any atom is -0.493 e. The van der Waals surface area contributed by atoms with Crippen LogP contribution >= 0.6 is 0 Å². The van der Waals surface area contributed by atoms with Crippen LogP contribution in [0.3, 0.4) is 0 Å². The van der Waals surface area contributed by atoms with Crippen molar-refractivity contribution in [2.45, 2.75) is 12.5 Å². The maximum atomic E-state index is 12.6. The topological polar surface area (TPSA) is 84.1 Å². The van der Waals surface area contributed by atoms with Crippen LogP contribution in [0.2, 0.25) is 0 Å². The zero-order valence-corrected chi connectivity index (χ0v) is 13.9. The summed E-state index contributed by atoms with van der Waals surface area (Å²) in [7, 11) is 0. The summed E-state index contributed by atoms with van der Waals surface area (Å²) in [5.74, 6) is 0.375. The van der Waals surface area contributed by atoms with Gasteiger partial charge in [-0.3, -0.25) is 14.6 Å². The molecule has 0 saturated heterocycles. The number of hydrogen-bond acceptors (Lipinski definition) is 4.